The van der Waals surface area contributed by atoms with Crippen LogP contribution >= 0.6 is 23.2 Å². The molecule has 0 spiro atoms. The van der Waals surface area contributed by atoms with Gasteiger partial charge in [0.25, 0.3) is 4.59 Å². The third-order valence-electron chi connectivity index (χ3n) is 2.93. The average Bonchev–Trinajstić information content (AvgIpc) is 2.35. The number of sulfone groups is 1. The Kier molecular flexibility index (Phi) is 5.63. The van der Waals surface area contributed by atoms with Crippen molar-refractivity contribution in [1.29, 1.82) is 0 Å². The number of benzene rings is 1. The topological polar surface area (TPSA) is 71.4 Å². The van der Waals surface area contributed by atoms with Crippen LogP contribution in [0.2, 0.25) is 0 Å². The number of carboxylic acids is 1. The summed E-state index contributed by atoms with van der Waals surface area (Å²) < 4.78 is 35.8. The number of hydrogen-bond acceptors (Lipinski definition) is 3. The summed E-state index contributed by atoms with van der Waals surface area (Å²) in [5, 5.41) is 9.16. The van der Waals surface area contributed by atoms with Gasteiger partial charge in [0.05, 0.1) is 16.2 Å². The van der Waals surface area contributed by atoms with Gasteiger partial charge in [0.2, 0.25) is 0 Å². The van der Waals surface area contributed by atoms with Gasteiger partial charge in [-0.05, 0) is 24.5 Å². The van der Waals surface area contributed by atoms with Crippen molar-refractivity contribution in [1.82, 2.24) is 0 Å². The van der Waals surface area contributed by atoms with Gasteiger partial charge in [0.15, 0.2) is 9.84 Å². The van der Waals surface area contributed by atoms with Crippen molar-refractivity contribution in [3.8, 4) is 0 Å². The Morgan fingerprint density at radius 3 is 2.29 bits per heavy atom. The number of carboxylic acid groups (broad SMARTS) is 1. The molecule has 0 aliphatic rings. The van der Waals surface area contributed by atoms with Gasteiger partial charge < -0.3 is 5.11 Å². The van der Waals surface area contributed by atoms with Crippen LogP contribution in [0.15, 0.2) is 17.0 Å². The van der Waals surface area contributed by atoms with Crippen molar-refractivity contribution < 1.29 is 22.7 Å². The fraction of sp³-hybridized carbons (Fsp3) is 0.462. The minimum absolute atomic E-state index is 0.0109. The molecule has 1 N–H and O–H groups in total. The molecule has 0 aliphatic carbocycles. The molecule has 4 nitrogen and oxygen atoms in total. The van der Waals surface area contributed by atoms with Gasteiger partial charge in [0.1, 0.15) is 0 Å². The zero-order chi connectivity index (χ0) is 16.4. The standard InChI is InChI=1S/C13H15Cl2FO4S/c1-3-7-21(19,20)11-8(4-2)9(12(17)18)5-6-10(11)13(14,15)16/h5-6H,3-4,7H2,1-2H3,(H,17,18). The highest BCUT2D eigenvalue weighted by Crippen LogP contribution is 2.41. The summed E-state index contributed by atoms with van der Waals surface area (Å²) in [6.45, 7) is 3.23. The molecule has 0 aliphatic heterocycles. The molecular weight excluding hydrogens is 342 g/mol. The smallest absolute Gasteiger partial charge is 0.336 e. The summed E-state index contributed by atoms with van der Waals surface area (Å²) in [6.07, 6.45) is 0.393. The first-order valence-corrected chi connectivity index (χ1v) is 8.66. The van der Waals surface area contributed by atoms with Gasteiger partial charge in [-0.1, -0.05) is 43.1 Å². The van der Waals surface area contributed by atoms with Gasteiger partial charge in [0, 0.05) is 5.56 Å². The fourth-order valence-electron chi connectivity index (χ4n) is 2.13. The molecule has 0 saturated heterocycles. The minimum atomic E-state index is -3.90. The summed E-state index contributed by atoms with van der Waals surface area (Å²) >= 11 is 10.8. The molecule has 0 bridgehead atoms. The third kappa shape index (κ3) is 3.87. The van der Waals surface area contributed by atoms with Crippen LogP contribution in [0, 0.1) is 0 Å². The van der Waals surface area contributed by atoms with Crippen LogP contribution in [-0.2, 0) is 20.8 Å². The number of aromatic carboxylic acids is 1. The second-order valence-corrected chi connectivity index (χ2v) is 7.72. The Balaban J connectivity index is 3.84. The first kappa shape index (κ1) is 18.2. The SMILES string of the molecule is CCCS(=O)(=O)c1c(C(F)(Cl)Cl)ccc(C(=O)O)c1CC. The molecule has 118 valence electrons. The second kappa shape index (κ2) is 6.50. The second-order valence-electron chi connectivity index (χ2n) is 4.44. The van der Waals surface area contributed by atoms with Gasteiger partial charge in [-0.15, -0.1) is 0 Å². The molecule has 0 unspecified atom stereocenters. The van der Waals surface area contributed by atoms with Gasteiger partial charge in [-0.25, -0.2) is 17.6 Å². The molecule has 0 atom stereocenters. The number of rotatable bonds is 6. The van der Waals surface area contributed by atoms with Crippen molar-refractivity contribution in [2.75, 3.05) is 5.75 Å². The molecule has 0 saturated carbocycles. The predicted octanol–water partition coefficient (Wildman–Crippen LogP) is 3.69. The molecule has 0 fully saturated rings. The molecule has 0 heterocycles. The normalized spacial score (nSPS) is 12.4. The maximum atomic E-state index is 13.9. The Morgan fingerprint density at radius 1 is 1.33 bits per heavy atom. The maximum Gasteiger partial charge on any atom is 0.336 e. The number of alkyl halides is 3. The Labute approximate surface area is 132 Å². The minimum Gasteiger partial charge on any atom is -0.478 e. The molecule has 1 aromatic carbocycles. The van der Waals surface area contributed by atoms with E-state index in [-0.39, 0.29) is 23.3 Å². The molecule has 8 heteroatoms. The Morgan fingerprint density at radius 2 is 1.90 bits per heavy atom. The predicted molar refractivity (Wildman–Crippen MR) is 79.6 cm³/mol. The maximum absolute atomic E-state index is 13.9. The molecule has 0 aromatic heterocycles. The third-order valence-corrected chi connectivity index (χ3v) is 5.37. The number of carbonyl (C=O) groups is 1. The lowest BCUT2D eigenvalue weighted by Crippen LogP contribution is -2.19. The van der Waals surface area contributed by atoms with E-state index < -0.39 is 30.9 Å². The van der Waals surface area contributed by atoms with Crippen molar-refractivity contribution in [3.63, 3.8) is 0 Å². The molecule has 1 rings (SSSR count). The molecule has 1 aromatic rings. The summed E-state index contributed by atoms with van der Waals surface area (Å²) in [5.74, 6) is -1.54. The average molecular weight is 357 g/mol. The summed E-state index contributed by atoms with van der Waals surface area (Å²) in [4.78, 5) is 10.8. The fourth-order valence-corrected chi connectivity index (χ4v) is 4.47. The van der Waals surface area contributed by atoms with E-state index in [1.165, 1.54) is 0 Å². The van der Waals surface area contributed by atoms with E-state index in [0.717, 1.165) is 12.1 Å². The monoisotopic (exact) mass is 356 g/mol. The van der Waals surface area contributed by atoms with E-state index in [1.54, 1.807) is 13.8 Å². The first-order valence-electron chi connectivity index (χ1n) is 6.25. The summed E-state index contributed by atoms with van der Waals surface area (Å²) in [5.41, 5.74) is -0.633. The van der Waals surface area contributed by atoms with Crippen LogP contribution < -0.4 is 0 Å². The zero-order valence-electron chi connectivity index (χ0n) is 11.5. The van der Waals surface area contributed by atoms with E-state index in [9.17, 15) is 17.6 Å². The first-order chi connectivity index (χ1) is 9.56. The van der Waals surface area contributed by atoms with E-state index in [2.05, 4.69) is 0 Å². The molecule has 0 amide bonds. The highest BCUT2D eigenvalue weighted by Gasteiger charge is 2.36. The lowest BCUT2D eigenvalue weighted by molar-refractivity contribution is 0.0695. The highest BCUT2D eigenvalue weighted by molar-refractivity contribution is 7.91. The van der Waals surface area contributed by atoms with Crippen molar-refractivity contribution >= 4 is 39.0 Å². The number of halogens is 3. The van der Waals surface area contributed by atoms with Crippen molar-refractivity contribution in [3.05, 3.63) is 28.8 Å². The van der Waals surface area contributed by atoms with Gasteiger partial charge in [-0.3, -0.25) is 0 Å². The molecule has 0 radical (unpaired) electrons. The largest absolute Gasteiger partial charge is 0.478 e. The van der Waals surface area contributed by atoms with E-state index in [4.69, 9.17) is 28.3 Å². The van der Waals surface area contributed by atoms with Crippen LogP contribution in [0.4, 0.5) is 4.39 Å². The number of hydrogen-bond donors (Lipinski definition) is 1. The lowest BCUT2D eigenvalue weighted by atomic mass is 10.0. The lowest BCUT2D eigenvalue weighted by Gasteiger charge is -2.20. The Bertz CT molecular complexity index is 651. The van der Waals surface area contributed by atoms with Gasteiger partial charge in [-0.2, -0.15) is 0 Å². The molecule has 21 heavy (non-hydrogen) atoms. The van der Waals surface area contributed by atoms with Crippen molar-refractivity contribution in [2.45, 2.75) is 36.2 Å². The Hall–Kier alpha value is -0.850. The quantitative estimate of drug-likeness (QED) is 0.789. The van der Waals surface area contributed by atoms with E-state index in [0.29, 0.717) is 6.42 Å². The van der Waals surface area contributed by atoms with Crippen molar-refractivity contribution in [2.24, 2.45) is 0 Å². The molecular formula is C13H15Cl2FO4S. The van der Waals surface area contributed by atoms with Crippen LogP contribution in [0.5, 0.6) is 0 Å². The summed E-state index contributed by atoms with van der Waals surface area (Å²) in [7, 11) is -3.90. The van der Waals surface area contributed by atoms with Crippen LogP contribution in [0.3, 0.4) is 0 Å². The van der Waals surface area contributed by atoms with Crippen LogP contribution in [0.1, 0.15) is 41.8 Å². The highest BCUT2D eigenvalue weighted by atomic mass is 35.5. The van der Waals surface area contributed by atoms with Crippen LogP contribution in [-0.4, -0.2) is 25.2 Å². The van der Waals surface area contributed by atoms with E-state index >= 15 is 0 Å². The van der Waals surface area contributed by atoms with Crippen LogP contribution in [0.25, 0.3) is 0 Å². The van der Waals surface area contributed by atoms with E-state index in [1.807, 2.05) is 0 Å². The van der Waals surface area contributed by atoms with Gasteiger partial charge >= 0.3 is 5.97 Å². The zero-order valence-corrected chi connectivity index (χ0v) is 13.8. The summed E-state index contributed by atoms with van der Waals surface area (Å²) in [6, 6.07) is 2.12.